The van der Waals surface area contributed by atoms with E-state index in [2.05, 4.69) is 0 Å². The van der Waals surface area contributed by atoms with Crippen molar-refractivity contribution >= 4 is 11.9 Å². The Morgan fingerprint density at radius 1 is 1.33 bits per heavy atom. The minimum absolute atomic E-state index is 0.0425. The van der Waals surface area contributed by atoms with Crippen LogP contribution in [0.5, 0.6) is 0 Å². The molecule has 1 aromatic rings. The molecule has 0 radical (unpaired) electrons. The lowest BCUT2D eigenvalue weighted by molar-refractivity contribution is -0.146. The second kappa shape index (κ2) is 5.13. The first-order valence-corrected chi connectivity index (χ1v) is 7.31. The van der Waals surface area contributed by atoms with Gasteiger partial charge in [0.05, 0.1) is 11.3 Å². The van der Waals surface area contributed by atoms with Crippen molar-refractivity contribution < 1.29 is 19.1 Å². The fraction of sp³-hybridized carbons (Fsp3) is 0.500. The second-order valence-corrected chi connectivity index (χ2v) is 6.02. The van der Waals surface area contributed by atoms with E-state index in [9.17, 15) is 14.0 Å². The van der Waals surface area contributed by atoms with Gasteiger partial charge in [-0.3, -0.25) is 9.59 Å². The summed E-state index contributed by atoms with van der Waals surface area (Å²) in [7, 11) is 0. The van der Waals surface area contributed by atoms with Gasteiger partial charge in [-0.1, -0.05) is 12.1 Å². The third-order valence-corrected chi connectivity index (χ3v) is 4.59. The average Bonchev–Trinajstić information content (AvgIpc) is 3.28. The van der Waals surface area contributed by atoms with E-state index in [1.165, 1.54) is 12.1 Å². The van der Waals surface area contributed by atoms with Gasteiger partial charge in [-0.2, -0.15) is 0 Å². The summed E-state index contributed by atoms with van der Waals surface area (Å²) < 4.78 is 13.4. The number of carboxylic acids is 1. The Kier molecular flexibility index (Phi) is 3.43. The van der Waals surface area contributed by atoms with Gasteiger partial charge in [0.1, 0.15) is 5.82 Å². The summed E-state index contributed by atoms with van der Waals surface area (Å²) in [5.41, 5.74) is 0.0904. The summed E-state index contributed by atoms with van der Waals surface area (Å²) in [5, 5.41) is 9.12. The van der Waals surface area contributed by atoms with Crippen molar-refractivity contribution in [1.82, 2.24) is 4.90 Å². The number of carbonyl (C=O) groups is 2. The third kappa shape index (κ3) is 2.52. The van der Waals surface area contributed by atoms with Crippen molar-refractivity contribution in [2.75, 3.05) is 13.1 Å². The molecule has 2 aliphatic rings. The van der Waals surface area contributed by atoms with Gasteiger partial charge in [0, 0.05) is 13.1 Å². The number of benzene rings is 1. The lowest BCUT2D eigenvalue weighted by atomic mass is 9.91. The maximum absolute atomic E-state index is 13.4. The molecule has 1 unspecified atom stereocenters. The lowest BCUT2D eigenvalue weighted by Gasteiger charge is -2.33. The van der Waals surface area contributed by atoms with E-state index in [-0.39, 0.29) is 18.3 Å². The molecule has 1 saturated carbocycles. The van der Waals surface area contributed by atoms with Gasteiger partial charge in [-0.05, 0) is 43.4 Å². The number of amides is 1. The minimum atomic E-state index is -0.844. The van der Waals surface area contributed by atoms with Crippen molar-refractivity contribution in [2.24, 2.45) is 5.92 Å². The molecule has 0 bridgehead atoms. The van der Waals surface area contributed by atoms with Crippen LogP contribution in [0.4, 0.5) is 4.39 Å². The van der Waals surface area contributed by atoms with Gasteiger partial charge < -0.3 is 10.0 Å². The topological polar surface area (TPSA) is 57.6 Å². The molecular formula is C16H18FNO3. The van der Waals surface area contributed by atoms with E-state index in [4.69, 9.17) is 5.11 Å². The molecule has 1 heterocycles. The average molecular weight is 291 g/mol. The summed E-state index contributed by atoms with van der Waals surface area (Å²) in [6.45, 7) is 0.866. The molecule has 5 heteroatoms. The quantitative estimate of drug-likeness (QED) is 0.928. The number of hydrogen-bond acceptors (Lipinski definition) is 2. The largest absolute Gasteiger partial charge is 0.481 e. The summed E-state index contributed by atoms with van der Waals surface area (Å²) >= 11 is 0. The van der Waals surface area contributed by atoms with Gasteiger partial charge >= 0.3 is 5.97 Å². The summed E-state index contributed by atoms with van der Waals surface area (Å²) in [5.74, 6) is -1.71. The number of likely N-dealkylation sites (tertiary alicyclic amines) is 1. The maximum Gasteiger partial charge on any atom is 0.308 e. The molecule has 0 spiro atoms. The van der Waals surface area contributed by atoms with Crippen molar-refractivity contribution in [1.29, 1.82) is 0 Å². The highest BCUT2D eigenvalue weighted by atomic mass is 19.1. The van der Waals surface area contributed by atoms with Crippen molar-refractivity contribution in [2.45, 2.75) is 31.1 Å². The Hall–Kier alpha value is -1.91. The lowest BCUT2D eigenvalue weighted by Crippen LogP contribution is -2.46. The number of halogens is 1. The Morgan fingerprint density at radius 2 is 2.10 bits per heavy atom. The Balaban J connectivity index is 1.80. The number of aliphatic carboxylic acids is 1. The Morgan fingerprint density at radius 3 is 2.71 bits per heavy atom. The molecule has 1 saturated heterocycles. The molecule has 21 heavy (non-hydrogen) atoms. The summed E-state index contributed by atoms with van der Waals surface area (Å²) in [6.07, 6.45) is 2.75. The van der Waals surface area contributed by atoms with E-state index in [1.807, 2.05) is 0 Å². The Labute approximate surface area is 122 Å². The summed E-state index contributed by atoms with van der Waals surface area (Å²) in [4.78, 5) is 25.5. The van der Waals surface area contributed by atoms with Crippen LogP contribution in [0.25, 0.3) is 0 Å². The predicted octanol–water partition coefficient (Wildman–Crippen LogP) is 2.18. The van der Waals surface area contributed by atoms with Crippen LogP contribution in [0.1, 0.15) is 31.2 Å². The number of rotatable bonds is 3. The standard InChI is InChI=1S/C16H18FNO3/c17-13-5-1-4-12(9-13)16(6-7-16)15(21)18-8-2-3-11(10-18)14(19)20/h1,4-5,9,11H,2-3,6-8,10H2,(H,19,20). The molecule has 3 rings (SSSR count). The zero-order valence-corrected chi connectivity index (χ0v) is 11.7. The zero-order valence-electron chi connectivity index (χ0n) is 11.7. The highest BCUT2D eigenvalue weighted by Gasteiger charge is 2.53. The molecule has 112 valence electrons. The van der Waals surface area contributed by atoms with Crippen LogP contribution < -0.4 is 0 Å². The Bertz CT molecular complexity index is 583. The summed E-state index contributed by atoms with van der Waals surface area (Å²) in [6, 6.07) is 6.19. The van der Waals surface area contributed by atoms with Crippen molar-refractivity contribution in [3.63, 3.8) is 0 Å². The number of hydrogen-bond donors (Lipinski definition) is 1. The highest BCUT2D eigenvalue weighted by Crippen LogP contribution is 2.50. The number of piperidine rings is 1. The SMILES string of the molecule is O=C(O)C1CCCN(C(=O)C2(c3cccc(F)c3)CC2)C1. The first-order valence-electron chi connectivity index (χ1n) is 7.31. The van der Waals surface area contributed by atoms with Gasteiger partial charge in [0.15, 0.2) is 0 Å². The smallest absolute Gasteiger partial charge is 0.308 e. The normalized spacial score (nSPS) is 23.7. The van der Waals surface area contributed by atoms with E-state index in [0.29, 0.717) is 37.8 Å². The molecule has 1 aliphatic carbocycles. The number of nitrogens with zero attached hydrogens (tertiary/aromatic N) is 1. The van der Waals surface area contributed by atoms with E-state index in [0.717, 1.165) is 0 Å². The molecule has 1 atom stereocenters. The van der Waals surface area contributed by atoms with Gasteiger partial charge in [-0.25, -0.2) is 4.39 Å². The van der Waals surface area contributed by atoms with Crippen LogP contribution in [0, 0.1) is 11.7 Å². The van der Waals surface area contributed by atoms with Crippen LogP contribution in [0.3, 0.4) is 0 Å². The first kappa shape index (κ1) is 14.0. The van der Waals surface area contributed by atoms with E-state index in [1.54, 1.807) is 17.0 Å². The molecule has 0 aromatic heterocycles. The van der Waals surface area contributed by atoms with E-state index < -0.39 is 17.3 Å². The van der Waals surface area contributed by atoms with Crippen molar-refractivity contribution in [3.8, 4) is 0 Å². The second-order valence-electron chi connectivity index (χ2n) is 6.02. The monoisotopic (exact) mass is 291 g/mol. The molecule has 1 aliphatic heterocycles. The van der Waals surface area contributed by atoms with Crippen LogP contribution in [0.2, 0.25) is 0 Å². The number of carboxylic acid groups (broad SMARTS) is 1. The van der Waals surface area contributed by atoms with Gasteiger partial charge in [0.2, 0.25) is 5.91 Å². The van der Waals surface area contributed by atoms with E-state index >= 15 is 0 Å². The van der Waals surface area contributed by atoms with Gasteiger partial charge in [0.25, 0.3) is 0 Å². The van der Waals surface area contributed by atoms with Crippen LogP contribution >= 0.6 is 0 Å². The fourth-order valence-electron chi connectivity index (χ4n) is 3.20. The molecular weight excluding hydrogens is 273 g/mol. The van der Waals surface area contributed by atoms with Crippen LogP contribution in [-0.4, -0.2) is 35.0 Å². The molecule has 1 aromatic carbocycles. The molecule has 2 fully saturated rings. The zero-order chi connectivity index (χ0) is 15.0. The molecule has 4 nitrogen and oxygen atoms in total. The molecule has 1 amide bonds. The predicted molar refractivity (Wildman–Crippen MR) is 74.3 cm³/mol. The van der Waals surface area contributed by atoms with Crippen LogP contribution in [-0.2, 0) is 15.0 Å². The minimum Gasteiger partial charge on any atom is -0.481 e. The molecule has 1 N–H and O–H groups in total. The van der Waals surface area contributed by atoms with Crippen molar-refractivity contribution in [3.05, 3.63) is 35.6 Å². The fourth-order valence-corrected chi connectivity index (χ4v) is 3.20. The third-order valence-electron chi connectivity index (χ3n) is 4.59. The number of carbonyl (C=O) groups excluding carboxylic acids is 1. The van der Waals surface area contributed by atoms with Gasteiger partial charge in [-0.15, -0.1) is 0 Å². The highest BCUT2D eigenvalue weighted by molar-refractivity contribution is 5.91. The van der Waals surface area contributed by atoms with Crippen LogP contribution in [0.15, 0.2) is 24.3 Å². The maximum atomic E-state index is 13.4. The first-order chi connectivity index (χ1) is 10.0.